The summed E-state index contributed by atoms with van der Waals surface area (Å²) >= 11 is 0. The van der Waals surface area contributed by atoms with E-state index in [1.807, 2.05) is 72.8 Å². The van der Waals surface area contributed by atoms with Gasteiger partial charge in [-0.15, -0.1) is 0 Å². The van der Waals surface area contributed by atoms with Gasteiger partial charge in [0.1, 0.15) is 12.1 Å². The molecule has 3 aromatic carbocycles. The Kier molecular flexibility index (Phi) is 9.69. The molecule has 4 N–H and O–H groups in total. The van der Waals surface area contributed by atoms with E-state index in [1.165, 1.54) is 13.1 Å². The van der Waals surface area contributed by atoms with Gasteiger partial charge in [0.15, 0.2) is 0 Å². The molecule has 186 valence electrons. The molecule has 0 aliphatic carbocycles. The molecule has 3 rings (SSSR count). The van der Waals surface area contributed by atoms with Crippen molar-refractivity contribution in [3.05, 3.63) is 83.9 Å². The number of fused-ring (bicyclic) bond motifs is 1. The summed E-state index contributed by atoms with van der Waals surface area (Å²) in [4.78, 5) is 48.5. The third-order valence-corrected chi connectivity index (χ3v) is 5.50. The maximum atomic E-state index is 13.3. The lowest BCUT2D eigenvalue weighted by molar-refractivity contribution is -0.131. The molecule has 0 saturated carbocycles. The van der Waals surface area contributed by atoms with E-state index in [0.717, 1.165) is 21.9 Å². The van der Waals surface area contributed by atoms with Crippen LogP contribution in [-0.4, -0.2) is 49.0 Å². The molecule has 0 bridgehead atoms. The van der Waals surface area contributed by atoms with Crippen molar-refractivity contribution in [1.29, 1.82) is 0 Å². The van der Waals surface area contributed by atoms with Gasteiger partial charge >= 0.3 is 0 Å². The predicted octanol–water partition coefficient (Wildman–Crippen LogP) is 1.46. The lowest BCUT2D eigenvalue weighted by atomic mass is 9.97. The lowest BCUT2D eigenvalue weighted by Gasteiger charge is -2.23. The van der Waals surface area contributed by atoms with Crippen molar-refractivity contribution in [3.63, 3.8) is 0 Å². The van der Waals surface area contributed by atoms with Crippen LogP contribution in [0, 0.1) is 0 Å². The number of hydrogen-bond donors (Lipinski definition) is 4. The number of carbonyl (C=O) groups is 4. The third-order valence-electron chi connectivity index (χ3n) is 5.50. The maximum absolute atomic E-state index is 13.3. The minimum Gasteiger partial charge on any atom is -0.349 e. The molecule has 9 nitrogen and oxygen atoms in total. The molecule has 0 spiro atoms. The van der Waals surface area contributed by atoms with E-state index in [0.29, 0.717) is 6.41 Å². The molecule has 4 amide bonds. The van der Waals surface area contributed by atoms with E-state index in [4.69, 9.17) is 0 Å². The van der Waals surface area contributed by atoms with Crippen LogP contribution in [0.5, 0.6) is 0 Å². The van der Waals surface area contributed by atoms with E-state index >= 15 is 0 Å². The Hall–Kier alpha value is -4.53. The monoisotopic (exact) mass is 487 g/mol. The van der Waals surface area contributed by atoms with Crippen LogP contribution < -0.4 is 21.4 Å². The van der Waals surface area contributed by atoms with Gasteiger partial charge in [-0.1, -0.05) is 72.8 Å². The van der Waals surface area contributed by atoms with Gasteiger partial charge in [-0.3, -0.25) is 24.6 Å². The minimum atomic E-state index is -0.914. The SMILES string of the molecule is CC(=O)N[C@H](Cc1ccccc1)C(=O)N[C@@H](Cc1cccc2ccccc12)C(=O)NC/C=N/NC=O. The van der Waals surface area contributed by atoms with Gasteiger partial charge in [0.05, 0.1) is 6.54 Å². The van der Waals surface area contributed by atoms with E-state index < -0.39 is 23.9 Å². The molecule has 36 heavy (non-hydrogen) atoms. The maximum Gasteiger partial charge on any atom is 0.243 e. The molecule has 0 fully saturated rings. The molecule has 0 radical (unpaired) electrons. The highest BCUT2D eigenvalue weighted by Gasteiger charge is 2.27. The molecule has 0 saturated heterocycles. The van der Waals surface area contributed by atoms with E-state index in [2.05, 4.69) is 26.5 Å². The standard InChI is InChI=1S/C27H29N5O4/c1-19(34)31-24(16-20-8-3-2-4-9-20)27(36)32-25(26(35)28-14-15-29-30-18-33)17-22-12-7-11-21-10-5-6-13-23(21)22/h2-13,15,18,24-25H,14,16-17H2,1H3,(H,28,35)(H,30,33)(H,31,34)(H,32,36)/b29-15+/t24-,25+/m1/s1. The average molecular weight is 488 g/mol. The van der Waals surface area contributed by atoms with Crippen LogP contribution in [0.4, 0.5) is 0 Å². The Morgan fingerprint density at radius 3 is 2.28 bits per heavy atom. The number of hydrazone groups is 1. The molecule has 9 heteroatoms. The number of nitrogens with one attached hydrogen (secondary N) is 4. The molecular formula is C27H29N5O4. The summed E-state index contributed by atoms with van der Waals surface area (Å²) in [7, 11) is 0. The molecule has 3 aromatic rings. The Bertz CT molecular complexity index is 1220. The highest BCUT2D eigenvalue weighted by molar-refractivity contribution is 5.93. The first-order valence-electron chi connectivity index (χ1n) is 11.5. The fraction of sp³-hybridized carbons (Fsp3) is 0.222. The topological polar surface area (TPSA) is 129 Å². The summed E-state index contributed by atoms with van der Waals surface area (Å²) in [6.07, 6.45) is 2.26. The molecule has 0 aliphatic rings. The van der Waals surface area contributed by atoms with Crippen molar-refractivity contribution in [1.82, 2.24) is 21.4 Å². The summed E-state index contributed by atoms with van der Waals surface area (Å²) in [5.41, 5.74) is 3.90. The first-order chi connectivity index (χ1) is 17.5. The average Bonchev–Trinajstić information content (AvgIpc) is 2.88. The number of carbonyl (C=O) groups excluding carboxylic acids is 4. The van der Waals surface area contributed by atoms with Crippen molar-refractivity contribution in [3.8, 4) is 0 Å². The van der Waals surface area contributed by atoms with Gasteiger partial charge in [-0.2, -0.15) is 5.10 Å². The second-order valence-corrected chi connectivity index (χ2v) is 8.15. The summed E-state index contributed by atoms with van der Waals surface area (Å²) in [6.45, 7) is 1.40. The van der Waals surface area contributed by atoms with Crippen molar-refractivity contribution in [2.45, 2.75) is 31.8 Å². The highest BCUT2D eigenvalue weighted by Crippen LogP contribution is 2.20. The molecule has 0 aromatic heterocycles. The molecule has 0 heterocycles. The van der Waals surface area contributed by atoms with E-state index in [9.17, 15) is 19.2 Å². The number of benzene rings is 3. The Morgan fingerprint density at radius 1 is 0.833 bits per heavy atom. The quantitative estimate of drug-likeness (QED) is 0.175. The third kappa shape index (κ3) is 7.76. The largest absolute Gasteiger partial charge is 0.349 e. The highest BCUT2D eigenvalue weighted by atomic mass is 16.2. The number of rotatable bonds is 12. The van der Waals surface area contributed by atoms with Crippen LogP contribution >= 0.6 is 0 Å². The summed E-state index contributed by atoms with van der Waals surface area (Å²) in [5, 5.41) is 13.8. The van der Waals surface area contributed by atoms with Crippen molar-refractivity contribution < 1.29 is 19.2 Å². The second-order valence-electron chi connectivity index (χ2n) is 8.15. The van der Waals surface area contributed by atoms with Crippen molar-refractivity contribution in [2.75, 3.05) is 6.54 Å². The summed E-state index contributed by atoms with van der Waals surface area (Å²) in [5.74, 6) is -1.24. The number of nitrogens with zero attached hydrogens (tertiary/aromatic N) is 1. The molecule has 2 atom stereocenters. The van der Waals surface area contributed by atoms with Crippen LogP contribution in [0.2, 0.25) is 0 Å². The first-order valence-corrected chi connectivity index (χ1v) is 11.5. The Balaban J connectivity index is 1.82. The zero-order valence-electron chi connectivity index (χ0n) is 19.9. The van der Waals surface area contributed by atoms with Gasteiger partial charge in [0.2, 0.25) is 24.1 Å². The Labute approximate surface area is 209 Å². The molecule has 0 unspecified atom stereocenters. The van der Waals surface area contributed by atoms with Gasteiger partial charge < -0.3 is 16.0 Å². The fourth-order valence-electron chi connectivity index (χ4n) is 3.87. The second kappa shape index (κ2) is 13.4. The smallest absolute Gasteiger partial charge is 0.243 e. The summed E-state index contributed by atoms with van der Waals surface area (Å²) < 4.78 is 0. The van der Waals surface area contributed by atoms with E-state index in [1.54, 1.807) is 0 Å². The van der Waals surface area contributed by atoms with Crippen LogP contribution in [0.15, 0.2) is 77.9 Å². The molecular weight excluding hydrogens is 458 g/mol. The fourth-order valence-corrected chi connectivity index (χ4v) is 3.87. The normalized spacial score (nSPS) is 12.5. The van der Waals surface area contributed by atoms with Crippen LogP contribution in [0.1, 0.15) is 18.1 Å². The van der Waals surface area contributed by atoms with Crippen LogP contribution in [-0.2, 0) is 32.0 Å². The van der Waals surface area contributed by atoms with Crippen LogP contribution in [0.25, 0.3) is 10.8 Å². The zero-order valence-corrected chi connectivity index (χ0v) is 19.9. The minimum absolute atomic E-state index is 0.0563. The predicted molar refractivity (Wildman–Crippen MR) is 138 cm³/mol. The van der Waals surface area contributed by atoms with Crippen molar-refractivity contribution in [2.24, 2.45) is 5.10 Å². The number of hydrogen-bond acceptors (Lipinski definition) is 5. The zero-order chi connectivity index (χ0) is 25.8. The van der Waals surface area contributed by atoms with Crippen molar-refractivity contribution >= 4 is 41.1 Å². The first kappa shape index (κ1) is 26.1. The Morgan fingerprint density at radius 2 is 1.53 bits per heavy atom. The molecule has 0 aliphatic heterocycles. The van der Waals surface area contributed by atoms with Gasteiger partial charge in [-0.25, -0.2) is 0 Å². The summed E-state index contributed by atoms with van der Waals surface area (Å²) in [6, 6.07) is 21.2. The van der Waals surface area contributed by atoms with Gasteiger partial charge in [0, 0.05) is 26.0 Å². The van der Waals surface area contributed by atoms with Gasteiger partial charge in [0.25, 0.3) is 0 Å². The number of amides is 4. The van der Waals surface area contributed by atoms with Crippen LogP contribution in [0.3, 0.4) is 0 Å². The lowest BCUT2D eigenvalue weighted by Crippen LogP contribution is -2.55. The van der Waals surface area contributed by atoms with E-state index in [-0.39, 0.29) is 25.3 Å². The van der Waals surface area contributed by atoms with Gasteiger partial charge in [-0.05, 0) is 21.9 Å².